The van der Waals surface area contributed by atoms with E-state index in [2.05, 4.69) is 138 Å². The Labute approximate surface area is 518 Å². The van der Waals surface area contributed by atoms with Crippen LogP contribution in [0.2, 0.25) is 15.5 Å². The third kappa shape index (κ3) is 16.8. The highest BCUT2D eigenvalue weighted by molar-refractivity contribution is 9.11. The third-order valence-corrected chi connectivity index (χ3v) is 12.9. The van der Waals surface area contributed by atoms with Crippen LogP contribution in [0.1, 0.15) is 25.6 Å². The average Bonchev–Trinajstić information content (AvgIpc) is 4.24. The van der Waals surface area contributed by atoms with Gasteiger partial charge in [0.2, 0.25) is 0 Å². The van der Waals surface area contributed by atoms with E-state index in [4.69, 9.17) is 86.1 Å². The Morgan fingerprint density at radius 2 is 0.829 bits per heavy atom. The van der Waals surface area contributed by atoms with Crippen LogP contribution in [0.4, 0.5) is 91.1 Å². The second-order valence-corrected chi connectivity index (χ2v) is 19.8. The van der Waals surface area contributed by atoms with Crippen molar-refractivity contribution in [1.29, 1.82) is 10.5 Å². The molecular formula is C53H30Br4Cl3FN20O. The van der Waals surface area contributed by atoms with Crippen LogP contribution in [-0.2, 0) is 4.74 Å². The molecule has 0 atom stereocenters. The van der Waals surface area contributed by atoms with Gasteiger partial charge >= 0.3 is 11.6 Å². The van der Waals surface area contributed by atoms with Gasteiger partial charge in [-0.05, 0) is 145 Å². The van der Waals surface area contributed by atoms with Gasteiger partial charge in [0.15, 0.2) is 23.0 Å². The number of benzene rings is 4. The lowest BCUT2D eigenvalue weighted by Crippen LogP contribution is -2.28. The largest absolute Gasteiger partial charge is 0.399 e. The summed E-state index contributed by atoms with van der Waals surface area (Å²) >= 11 is 30.3. The van der Waals surface area contributed by atoms with Crippen LogP contribution in [0.5, 0.6) is 0 Å². The fourth-order valence-electron chi connectivity index (χ4n) is 6.39. The van der Waals surface area contributed by atoms with Gasteiger partial charge in [-0.25, -0.2) is 9.97 Å². The van der Waals surface area contributed by atoms with Gasteiger partial charge in [0.25, 0.3) is 56.2 Å². The number of nitrogen functional groups attached to an aromatic ring is 1. The SMILES string of the molecule is C1CCOC1.Nc1ccc(Br)cc1.[2H]CF.[C-]#[N+]c1nc(Cl)c(Cl)nc1[N+]#[C-].[C-]#[N+]c1nc(Cl)c(Nc2ccc(Br)cc2)nc1[N+]#[C-].[C-]#[N+]c1nc2c(nc1[N+]#[C-])N(c1ccc(Br)cc1)c1nc(C#N)c(C#N)nc1N2c1ccc(Br)cc1. The molecule has 4 aromatic carbocycles. The fraction of sp³-hybridized carbons (Fsp3) is 0.0943. The first kappa shape index (κ1) is 62.2. The first-order valence-corrected chi connectivity index (χ1v) is 26.6. The van der Waals surface area contributed by atoms with E-state index in [1.165, 1.54) is 12.8 Å². The molecule has 0 unspecified atom stereocenters. The lowest BCUT2D eigenvalue weighted by atomic mass is 10.2. The predicted octanol–water partition coefficient (Wildman–Crippen LogP) is 17.9. The lowest BCUT2D eigenvalue weighted by Gasteiger charge is -2.33. The minimum atomic E-state index is -1.00. The van der Waals surface area contributed by atoms with E-state index in [9.17, 15) is 14.9 Å². The van der Waals surface area contributed by atoms with E-state index in [0.29, 0.717) is 11.4 Å². The highest BCUT2D eigenvalue weighted by atomic mass is 79.9. The molecule has 0 aliphatic carbocycles. The number of fused-ring (bicyclic) bond motifs is 2. The molecule has 0 spiro atoms. The molecular weight excluding hydrogens is 1380 g/mol. The number of anilines is 9. The van der Waals surface area contributed by atoms with Crippen molar-refractivity contribution in [3.05, 3.63) is 210 Å². The van der Waals surface area contributed by atoms with Crippen LogP contribution in [0.15, 0.2) is 115 Å². The summed E-state index contributed by atoms with van der Waals surface area (Å²) in [4.78, 5) is 55.1. The normalized spacial score (nSPS) is 11.0. The maximum atomic E-state index is 9.96. The van der Waals surface area contributed by atoms with Crippen LogP contribution in [0, 0.1) is 62.1 Å². The lowest BCUT2D eigenvalue weighted by molar-refractivity contribution is 0.198. The van der Waals surface area contributed by atoms with Gasteiger partial charge in [-0.15, -0.1) is 29.9 Å². The summed E-state index contributed by atoms with van der Waals surface area (Å²) in [5.74, 6) is 0.345. The number of alkyl halides is 1. The first-order chi connectivity index (χ1) is 40.0. The third-order valence-electron chi connectivity index (χ3n) is 9.95. The molecule has 21 nitrogen and oxygen atoms in total. The number of nitrogens with one attached hydrogen (secondary N) is 1. The molecule has 82 heavy (non-hydrogen) atoms. The first-order valence-electron chi connectivity index (χ1n) is 23.0. The van der Waals surface area contributed by atoms with Crippen molar-refractivity contribution in [3.63, 3.8) is 0 Å². The zero-order valence-electron chi connectivity index (χ0n) is 42.3. The van der Waals surface area contributed by atoms with Gasteiger partial charge in [-0.3, -0.25) is 14.2 Å². The number of hydrogen-bond acceptors (Lipinski definition) is 15. The molecule has 1 saturated heterocycles. The Bertz CT molecular complexity index is 3710. The summed E-state index contributed by atoms with van der Waals surface area (Å²) in [5, 5.41) is 22.2. The molecule has 1 fully saturated rings. The molecule has 0 bridgehead atoms. The zero-order valence-corrected chi connectivity index (χ0v) is 49.9. The maximum absolute atomic E-state index is 9.96. The molecule has 6 heterocycles. The standard InChI is InChI=1S/C24H8Br2N10.C12H5BrClN5.C6H6BrN.C6Cl2N4.C4H8O.CH3F/c1-29-19-20(30-2)34-24-23(33-19)35(15-7-3-13(25)4-8-15)21-22(32-18(12-28)17(11-27)31-21)36(24)16-9-5-14(26)6-10-16;1-15-11-12(16-2)19-10(9(14)18-11)17-8-5-3-7(13)4-6-8;7-5-1-3-6(8)4-2-5;1-9-5-6(10-2)12-4(8)3(7)11-5;1-2-4-5-3-1;1-2/h3-10H;3-6H,(H,17,19);1-4H,8H2;;1-4H2;1H3/i;;;;;1D. The van der Waals surface area contributed by atoms with Crippen molar-refractivity contribution in [2.24, 2.45) is 0 Å². The van der Waals surface area contributed by atoms with Crippen molar-refractivity contribution in [2.75, 3.05) is 41.2 Å². The summed E-state index contributed by atoms with van der Waals surface area (Å²) in [6.07, 6.45) is 2.56. The molecule has 0 amide bonds. The van der Waals surface area contributed by atoms with Gasteiger partial charge in [-0.2, -0.15) is 10.5 Å². The van der Waals surface area contributed by atoms with Crippen LogP contribution >= 0.6 is 98.5 Å². The summed E-state index contributed by atoms with van der Waals surface area (Å²) in [6, 6.07) is 33.2. The summed E-state index contributed by atoms with van der Waals surface area (Å²) < 4.78 is 24.1. The Morgan fingerprint density at radius 3 is 1.15 bits per heavy atom. The van der Waals surface area contributed by atoms with E-state index in [1.54, 1.807) is 34.1 Å². The summed E-state index contributed by atoms with van der Waals surface area (Å²) in [5.41, 5.74) is 7.84. The second-order valence-electron chi connectivity index (χ2n) is 15.1. The van der Waals surface area contributed by atoms with Crippen molar-refractivity contribution >= 4 is 185 Å². The molecule has 10 rings (SSSR count). The molecule has 2 aliphatic heterocycles. The molecule has 29 heteroatoms. The van der Waals surface area contributed by atoms with Gasteiger partial charge in [0.1, 0.15) is 12.1 Å². The minimum absolute atomic E-state index is 0.0568. The van der Waals surface area contributed by atoms with E-state index >= 15 is 0 Å². The Morgan fingerprint density at radius 1 is 0.524 bits per heavy atom. The van der Waals surface area contributed by atoms with Gasteiger partial charge in [-0.1, -0.05) is 103 Å². The quantitative estimate of drug-likeness (QED) is 0.123. The maximum Gasteiger partial charge on any atom is 0.300 e. The molecule has 0 saturated carbocycles. The van der Waals surface area contributed by atoms with Crippen molar-refractivity contribution < 1.29 is 10.5 Å². The number of rotatable bonds is 4. The van der Waals surface area contributed by atoms with Crippen molar-refractivity contribution in [1.82, 2.24) is 39.9 Å². The van der Waals surface area contributed by atoms with Gasteiger partial charge < -0.3 is 44.9 Å². The van der Waals surface area contributed by atoms with Crippen LogP contribution in [0.3, 0.4) is 0 Å². The monoisotopic (exact) mass is 1400 g/mol. The Hall–Kier alpha value is -9.00. The Kier molecular flexibility index (Phi) is 24.0. The van der Waals surface area contributed by atoms with Gasteiger partial charge in [0.05, 0.1) is 19.9 Å². The number of ether oxygens (including phenoxy) is 1. The molecule has 0 radical (unpaired) electrons. The number of nitrogens with two attached hydrogens (primary N) is 1. The van der Waals surface area contributed by atoms with Crippen LogP contribution < -0.4 is 20.9 Å². The number of halogens is 8. The fourth-order valence-corrected chi connectivity index (χ4v) is 7.86. The summed E-state index contributed by atoms with van der Waals surface area (Å²) in [6.45, 7) is 44.2. The second kappa shape index (κ2) is 31.7. The highest BCUT2D eigenvalue weighted by Crippen LogP contribution is 2.53. The van der Waals surface area contributed by atoms with Gasteiger partial charge in [0, 0.05) is 42.5 Å². The van der Waals surface area contributed by atoms with E-state index in [0.717, 1.165) is 42.5 Å². The molecule has 8 aromatic rings. The highest BCUT2D eigenvalue weighted by Gasteiger charge is 2.42. The number of aromatic nitrogens is 8. The predicted molar refractivity (Wildman–Crippen MR) is 325 cm³/mol. The average molecular weight is 1410 g/mol. The van der Waals surface area contributed by atoms with Crippen LogP contribution in [-0.4, -0.2) is 60.2 Å². The van der Waals surface area contributed by atoms with Crippen LogP contribution in [0.25, 0.3) is 29.1 Å². The molecule has 3 N–H and O–H groups in total. The zero-order chi connectivity index (χ0) is 60.6. The topological polar surface area (TPSA) is 231 Å². The molecule has 2 aliphatic rings. The number of nitriles is 2. The summed E-state index contributed by atoms with van der Waals surface area (Å²) in [7, 11) is -1.00. The number of nitrogens with zero attached hydrogens (tertiary/aromatic N) is 18. The van der Waals surface area contributed by atoms with Crippen molar-refractivity contribution in [3.8, 4) is 12.1 Å². The van der Waals surface area contributed by atoms with Crippen molar-refractivity contribution in [2.45, 2.75) is 12.8 Å². The number of hydrogen-bond donors (Lipinski definition) is 2. The van der Waals surface area contributed by atoms with E-state index in [1.807, 2.05) is 84.9 Å². The molecule has 4 aromatic heterocycles. The Balaban J connectivity index is 0.000000222. The smallest absolute Gasteiger partial charge is 0.300 e. The molecule has 404 valence electrons. The minimum Gasteiger partial charge on any atom is -0.399 e. The van der Waals surface area contributed by atoms with E-state index < -0.39 is 7.15 Å². The van der Waals surface area contributed by atoms with E-state index in [-0.39, 0.29) is 90.8 Å².